The maximum atomic E-state index is 14.3. The van der Waals surface area contributed by atoms with Gasteiger partial charge in [-0.3, -0.25) is 19.7 Å². The fourth-order valence-corrected chi connectivity index (χ4v) is 4.00. The molecule has 10 heteroatoms. The van der Waals surface area contributed by atoms with Gasteiger partial charge in [-0.1, -0.05) is 30.3 Å². The predicted molar refractivity (Wildman–Crippen MR) is 128 cm³/mol. The Kier molecular flexibility index (Phi) is 5.91. The van der Waals surface area contributed by atoms with Crippen molar-refractivity contribution in [1.29, 1.82) is 0 Å². The molecule has 1 aliphatic rings. The molecule has 0 saturated carbocycles. The van der Waals surface area contributed by atoms with Crippen LogP contribution < -0.4 is 15.5 Å². The standard InChI is InChI=1S/C26H19FN4O5/c27-20-8-2-4-10-22(20)31-25(34)19(24(33)29-26(31)35)12-16-14-30(21-9-3-1-7-18(16)21)15-23(32)28-13-17-6-5-11-36-17/h1-12,14H,13,15H2,(H,28,32)(H,29,33,35). The van der Waals surface area contributed by atoms with E-state index in [1.54, 1.807) is 47.2 Å². The number of hydrogen-bond donors (Lipinski definition) is 2. The van der Waals surface area contributed by atoms with E-state index in [1.165, 1.54) is 30.5 Å². The molecule has 36 heavy (non-hydrogen) atoms. The number of rotatable bonds is 6. The first-order chi connectivity index (χ1) is 17.4. The third kappa shape index (κ3) is 4.27. The topological polar surface area (TPSA) is 114 Å². The van der Waals surface area contributed by atoms with Crippen LogP contribution in [-0.4, -0.2) is 28.3 Å². The lowest BCUT2D eigenvalue weighted by Gasteiger charge is -2.26. The van der Waals surface area contributed by atoms with Gasteiger partial charge in [0.05, 0.1) is 18.5 Å². The lowest BCUT2D eigenvalue weighted by atomic mass is 10.1. The molecule has 9 nitrogen and oxygen atoms in total. The van der Waals surface area contributed by atoms with Crippen LogP contribution >= 0.6 is 0 Å². The first kappa shape index (κ1) is 22.8. The molecule has 180 valence electrons. The molecule has 0 atom stereocenters. The number of halogens is 1. The third-order valence-electron chi connectivity index (χ3n) is 5.67. The van der Waals surface area contributed by atoms with Crippen molar-refractivity contribution in [3.8, 4) is 0 Å². The summed E-state index contributed by atoms with van der Waals surface area (Å²) in [4.78, 5) is 51.2. The fraction of sp³-hybridized carbons (Fsp3) is 0.0769. The van der Waals surface area contributed by atoms with Gasteiger partial charge < -0.3 is 14.3 Å². The predicted octanol–water partition coefficient (Wildman–Crippen LogP) is 3.36. The van der Waals surface area contributed by atoms with Gasteiger partial charge in [-0.2, -0.15) is 0 Å². The number of nitrogens with one attached hydrogen (secondary N) is 2. The molecular formula is C26H19FN4O5. The van der Waals surface area contributed by atoms with Crippen LogP contribution in [0.5, 0.6) is 0 Å². The number of imide groups is 2. The van der Waals surface area contributed by atoms with Crippen LogP contribution in [0, 0.1) is 5.82 Å². The molecule has 5 amide bonds. The second-order valence-corrected chi connectivity index (χ2v) is 7.99. The Morgan fingerprint density at radius 3 is 2.58 bits per heavy atom. The van der Waals surface area contributed by atoms with Crippen LogP contribution in [0.15, 0.2) is 83.1 Å². The summed E-state index contributed by atoms with van der Waals surface area (Å²) in [7, 11) is 0. The van der Waals surface area contributed by atoms with Crippen molar-refractivity contribution in [1.82, 2.24) is 15.2 Å². The Balaban J connectivity index is 1.47. The minimum atomic E-state index is -1.04. The molecule has 0 spiro atoms. The molecule has 1 fully saturated rings. The van der Waals surface area contributed by atoms with Crippen LogP contribution in [0.1, 0.15) is 11.3 Å². The number of amides is 5. The maximum Gasteiger partial charge on any atom is 0.336 e. The van der Waals surface area contributed by atoms with Gasteiger partial charge in [-0.05, 0) is 36.4 Å². The van der Waals surface area contributed by atoms with Gasteiger partial charge >= 0.3 is 6.03 Å². The quantitative estimate of drug-likeness (QED) is 0.321. The van der Waals surface area contributed by atoms with E-state index < -0.39 is 23.7 Å². The zero-order valence-corrected chi connectivity index (χ0v) is 18.7. The number of carbonyl (C=O) groups is 4. The number of urea groups is 1. The number of aromatic nitrogens is 1. The minimum absolute atomic E-state index is 0.0234. The summed E-state index contributed by atoms with van der Waals surface area (Å²) in [6.45, 7) is 0.209. The molecule has 4 aromatic rings. The van der Waals surface area contributed by atoms with E-state index in [-0.39, 0.29) is 30.3 Å². The molecule has 3 heterocycles. The number of hydrogen-bond acceptors (Lipinski definition) is 5. The molecule has 0 unspecified atom stereocenters. The molecule has 2 aromatic carbocycles. The monoisotopic (exact) mass is 486 g/mol. The first-order valence-corrected chi connectivity index (χ1v) is 11.0. The molecule has 5 rings (SSSR count). The molecule has 1 aliphatic heterocycles. The van der Waals surface area contributed by atoms with Crippen LogP contribution in [0.4, 0.5) is 14.9 Å². The minimum Gasteiger partial charge on any atom is -0.467 e. The molecule has 0 bridgehead atoms. The number of furan rings is 1. The zero-order chi connectivity index (χ0) is 25.2. The van der Waals surface area contributed by atoms with Crippen LogP contribution in [0.2, 0.25) is 0 Å². The van der Waals surface area contributed by atoms with Gasteiger partial charge in [0.1, 0.15) is 23.7 Å². The summed E-state index contributed by atoms with van der Waals surface area (Å²) < 4.78 is 21.2. The van der Waals surface area contributed by atoms with Crippen molar-refractivity contribution in [2.24, 2.45) is 0 Å². The first-order valence-electron chi connectivity index (χ1n) is 11.0. The number of para-hydroxylation sites is 2. The molecule has 0 radical (unpaired) electrons. The Bertz CT molecular complexity index is 1540. The van der Waals surface area contributed by atoms with E-state index in [0.717, 1.165) is 6.07 Å². The largest absolute Gasteiger partial charge is 0.467 e. The van der Waals surface area contributed by atoms with E-state index in [9.17, 15) is 23.6 Å². The van der Waals surface area contributed by atoms with E-state index >= 15 is 0 Å². The van der Waals surface area contributed by atoms with Crippen molar-refractivity contribution in [3.63, 3.8) is 0 Å². The summed E-state index contributed by atoms with van der Waals surface area (Å²) >= 11 is 0. The summed E-state index contributed by atoms with van der Waals surface area (Å²) in [5, 5.41) is 5.54. The number of benzene rings is 2. The highest BCUT2D eigenvalue weighted by Crippen LogP contribution is 2.27. The molecule has 2 N–H and O–H groups in total. The normalized spacial score (nSPS) is 15.0. The maximum absolute atomic E-state index is 14.3. The molecular weight excluding hydrogens is 467 g/mol. The fourth-order valence-electron chi connectivity index (χ4n) is 4.00. The smallest absolute Gasteiger partial charge is 0.336 e. The second kappa shape index (κ2) is 9.34. The third-order valence-corrected chi connectivity index (χ3v) is 5.67. The summed E-state index contributed by atoms with van der Waals surface area (Å²) in [6, 6.07) is 14.9. The van der Waals surface area contributed by atoms with E-state index in [0.29, 0.717) is 27.1 Å². The van der Waals surface area contributed by atoms with Crippen molar-refractivity contribution in [2.45, 2.75) is 13.1 Å². The van der Waals surface area contributed by atoms with Gasteiger partial charge in [0.2, 0.25) is 5.91 Å². The number of barbiturate groups is 1. The highest BCUT2D eigenvalue weighted by atomic mass is 19.1. The molecule has 1 saturated heterocycles. The number of nitrogens with zero attached hydrogens (tertiary/aromatic N) is 2. The van der Waals surface area contributed by atoms with Crippen LogP contribution in [-0.2, 0) is 27.5 Å². The van der Waals surface area contributed by atoms with Gasteiger partial charge in [-0.15, -0.1) is 0 Å². The van der Waals surface area contributed by atoms with Gasteiger partial charge in [0, 0.05) is 22.7 Å². The molecule has 0 aliphatic carbocycles. The zero-order valence-electron chi connectivity index (χ0n) is 18.7. The average molecular weight is 486 g/mol. The lowest BCUT2D eigenvalue weighted by Crippen LogP contribution is -2.54. The Morgan fingerprint density at radius 1 is 1.03 bits per heavy atom. The SMILES string of the molecule is O=C(Cn1cc(C=C2C(=O)NC(=O)N(c3ccccc3F)C2=O)c2ccccc21)NCc1ccco1. The van der Waals surface area contributed by atoms with Crippen molar-refractivity contribution >= 4 is 46.4 Å². The highest BCUT2D eigenvalue weighted by Gasteiger charge is 2.38. The van der Waals surface area contributed by atoms with Crippen molar-refractivity contribution < 1.29 is 28.0 Å². The van der Waals surface area contributed by atoms with Crippen LogP contribution in [0.25, 0.3) is 17.0 Å². The highest BCUT2D eigenvalue weighted by molar-refractivity contribution is 6.39. The van der Waals surface area contributed by atoms with E-state index in [2.05, 4.69) is 10.6 Å². The van der Waals surface area contributed by atoms with Gasteiger partial charge in [0.25, 0.3) is 11.8 Å². The van der Waals surface area contributed by atoms with Gasteiger partial charge in [-0.25, -0.2) is 14.1 Å². The number of carbonyl (C=O) groups excluding carboxylic acids is 4. The summed E-state index contributed by atoms with van der Waals surface area (Å²) in [5.41, 5.74) is 0.561. The molecule has 2 aromatic heterocycles. The van der Waals surface area contributed by atoms with Crippen LogP contribution in [0.3, 0.4) is 0 Å². The van der Waals surface area contributed by atoms with Gasteiger partial charge in [0.15, 0.2) is 0 Å². The average Bonchev–Trinajstić information content (AvgIpc) is 3.50. The van der Waals surface area contributed by atoms with E-state index in [4.69, 9.17) is 4.42 Å². The Hall–Kier alpha value is -4.99. The summed E-state index contributed by atoms with van der Waals surface area (Å²) in [6.07, 6.45) is 4.48. The van der Waals surface area contributed by atoms with E-state index in [1.807, 2.05) is 0 Å². The van der Waals surface area contributed by atoms with Crippen molar-refractivity contribution in [3.05, 3.63) is 95.8 Å². The number of anilines is 1. The Labute approximate surface area is 203 Å². The second-order valence-electron chi connectivity index (χ2n) is 7.99. The Morgan fingerprint density at radius 2 is 1.81 bits per heavy atom. The summed E-state index contributed by atoms with van der Waals surface area (Å²) in [5.74, 6) is -2.30. The van der Waals surface area contributed by atoms with Crippen molar-refractivity contribution in [2.75, 3.05) is 4.90 Å². The number of fused-ring (bicyclic) bond motifs is 1. The lowest BCUT2D eigenvalue weighted by molar-refractivity contribution is -0.123.